The predicted molar refractivity (Wildman–Crippen MR) is 132 cm³/mol. The summed E-state index contributed by atoms with van der Waals surface area (Å²) >= 11 is 0.955. The van der Waals surface area contributed by atoms with Gasteiger partial charge in [0.25, 0.3) is 5.56 Å². The number of aromatic nitrogens is 2. The summed E-state index contributed by atoms with van der Waals surface area (Å²) in [6.45, 7) is 0. The van der Waals surface area contributed by atoms with Crippen molar-refractivity contribution in [2.45, 2.75) is 0 Å². The van der Waals surface area contributed by atoms with E-state index in [0.29, 0.717) is 22.9 Å². The predicted octanol–water partition coefficient (Wildman–Crippen LogP) is 2.26. The molecule has 11 heteroatoms. The van der Waals surface area contributed by atoms with Gasteiger partial charge in [0.05, 0.1) is 25.7 Å². The Kier molecular flexibility index (Phi) is 7.79. The van der Waals surface area contributed by atoms with Gasteiger partial charge >= 0.3 is 5.69 Å². The first-order chi connectivity index (χ1) is 16.2. The van der Waals surface area contributed by atoms with Crippen LogP contribution in [0.25, 0.3) is 0 Å². The fourth-order valence-electron chi connectivity index (χ4n) is 2.99. The van der Waals surface area contributed by atoms with Crippen LogP contribution in [-0.2, 0) is 18.9 Å². The van der Waals surface area contributed by atoms with Gasteiger partial charge in [-0.15, -0.1) is 0 Å². The van der Waals surface area contributed by atoms with E-state index in [1.807, 2.05) is 0 Å². The molecule has 0 saturated carbocycles. The van der Waals surface area contributed by atoms with E-state index in [-0.39, 0.29) is 22.3 Å². The Labute approximate surface area is 199 Å². The molecule has 34 heavy (non-hydrogen) atoms. The third-order valence-electron chi connectivity index (χ3n) is 4.84. The number of methoxy groups -OCH3 is 2. The molecule has 0 saturated heterocycles. The number of amides is 1. The molecule has 10 nitrogen and oxygen atoms in total. The molecule has 1 aromatic heterocycles. The number of carbonyl (C=O) groups excluding carboxylic acids is 1. The van der Waals surface area contributed by atoms with Crippen molar-refractivity contribution in [1.82, 2.24) is 9.13 Å². The van der Waals surface area contributed by atoms with Crippen molar-refractivity contribution < 1.29 is 19.4 Å². The number of thioether (sulfide) groups is 1. The number of aromatic hydroxyl groups is 1. The maximum absolute atomic E-state index is 12.9. The van der Waals surface area contributed by atoms with Crippen LogP contribution in [0.15, 0.2) is 63.1 Å². The molecule has 0 radical (unpaired) electrons. The molecule has 2 N–H and O–H groups in total. The highest BCUT2D eigenvalue weighted by atomic mass is 32.2. The van der Waals surface area contributed by atoms with Crippen LogP contribution < -0.4 is 26.0 Å². The lowest BCUT2D eigenvalue weighted by Crippen LogP contribution is -2.39. The highest BCUT2D eigenvalue weighted by molar-refractivity contribution is 8.15. The Morgan fingerprint density at radius 2 is 1.71 bits per heavy atom. The summed E-state index contributed by atoms with van der Waals surface area (Å²) in [5.41, 5.74) is -0.588. The van der Waals surface area contributed by atoms with Gasteiger partial charge in [0.2, 0.25) is 11.8 Å². The normalized spacial score (nSPS) is 11.2. The number of rotatable bonds is 7. The Balaban J connectivity index is 1.96. The molecule has 1 heterocycles. The van der Waals surface area contributed by atoms with Crippen molar-refractivity contribution in [3.05, 3.63) is 74.9 Å². The zero-order valence-electron chi connectivity index (χ0n) is 19.1. The van der Waals surface area contributed by atoms with Crippen molar-refractivity contribution >= 4 is 34.1 Å². The number of carbonyl (C=O) groups is 1. The summed E-state index contributed by atoms with van der Waals surface area (Å²) in [6, 6.07) is 13.6. The maximum atomic E-state index is 12.9. The van der Waals surface area contributed by atoms with Crippen LogP contribution in [0.4, 0.5) is 11.4 Å². The first kappa shape index (κ1) is 24.6. The van der Waals surface area contributed by atoms with Crippen LogP contribution in [0.3, 0.4) is 0 Å². The van der Waals surface area contributed by atoms with Gasteiger partial charge in [0, 0.05) is 25.8 Å². The van der Waals surface area contributed by atoms with Crippen LogP contribution in [0.1, 0.15) is 5.56 Å². The molecule has 1 amide bonds. The molecule has 0 aliphatic heterocycles. The number of hydrogen-bond donors (Lipinski definition) is 2. The molecule has 0 atom stereocenters. The lowest BCUT2D eigenvalue weighted by molar-refractivity contribution is -0.113. The van der Waals surface area contributed by atoms with Crippen LogP contribution in [0, 0.1) is 0 Å². The lowest BCUT2D eigenvalue weighted by Gasteiger charge is -2.13. The molecule has 3 rings (SSSR count). The fraction of sp³-hybridized carbons (Fsp3) is 0.217. The van der Waals surface area contributed by atoms with Crippen LogP contribution >= 0.6 is 11.8 Å². The average molecular weight is 485 g/mol. The van der Waals surface area contributed by atoms with Gasteiger partial charge in [-0.3, -0.25) is 18.7 Å². The highest BCUT2D eigenvalue weighted by Gasteiger charge is 2.22. The number of aliphatic imine (C=N–C) groups is 1. The minimum atomic E-state index is -0.728. The monoisotopic (exact) mass is 484 g/mol. The standard InChI is InChI=1S/C23H24N4O6S/c1-26-21(29)19(22(30)27(2)23(26)31)20(25-14-8-10-16(32-3)11-9-14)34-13-18(28)24-15-6-5-7-17(12-15)33-4/h5-12,29H,13H2,1-4H3,(H,24,28). The summed E-state index contributed by atoms with van der Waals surface area (Å²) in [6.07, 6.45) is 0. The number of hydrogen-bond acceptors (Lipinski definition) is 8. The average Bonchev–Trinajstić information content (AvgIpc) is 2.85. The highest BCUT2D eigenvalue weighted by Crippen LogP contribution is 2.25. The molecule has 0 spiro atoms. The summed E-state index contributed by atoms with van der Waals surface area (Å²) in [7, 11) is 5.70. The van der Waals surface area contributed by atoms with Gasteiger partial charge in [0.1, 0.15) is 22.1 Å². The second-order valence-electron chi connectivity index (χ2n) is 7.09. The first-order valence-corrected chi connectivity index (χ1v) is 11.0. The van der Waals surface area contributed by atoms with Gasteiger partial charge in [-0.05, 0) is 36.4 Å². The number of benzene rings is 2. The topological polar surface area (TPSA) is 124 Å². The molecular formula is C23H24N4O6S. The zero-order chi connectivity index (χ0) is 24.8. The molecule has 0 bridgehead atoms. The van der Waals surface area contributed by atoms with E-state index in [4.69, 9.17) is 9.47 Å². The third-order valence-corrected chi connectivity index (χ3v) is 5.82. The molecule has 178 valence electrons. The molecule has 0 aliphatic rings. The second-order valence-corrected chi connectivity index (χ2v) is 8.05. The van der Waals surface area contributed by atoms with E-state index in [2.05, 4.69) is 10.3 Å². The van der Waals surface area contributed by atoms with E-state index in [1.165, 1.54) is 28.3 Å². The van der Waals surface area contributed by atoms with E-state index in [1.54, 1.807) is 48.5 Å². The second kappa shape index (κ2) is 10.8. The van der Waals surface area contributed by atoms with E-state index in [0.717, 1.165) is 20.9 Å². The molecule has 0 unspecified atom stereocenters. The Morgan fingerprint density at radius 1 is 1.03 bits per heavy atom. The third kappa shape index (κ3) is 5.49. The quantitative estimate of drug-likeness (QED) is 0.389. The Bertz CT molecular complexity index is 1350. The number of nitrogens with one attached hydrogen (secondary N) is 1. The van der Waals surface area contributed by atoms with Gasteiger partial charge in [-0.1, -0.05) is 17.8 Å². The zero-order valence-corrected chi connectivity index (χ0v) is 19.9. The summed E-state index contributed by atoms with van der Waals surface area (Å²) < 4.78 is 12.1. The minimum absolute atomic E-state index is 0.0830. The minimum Gasteiger partial charge on any atom is -0.497 e. The first-order valence-electron chi connectivity index (χ1n) is 10.0. The molecule has 0 aliphatic carbocycles. The van der Waals surface area contributed by atoms with Gasteiger partial charge in [0.15, 0.2) is 0 Å². The number of anilines is 1. The van der Waals surface area contributed by atoms with Crippen molar-refractivity contribution in [2.75, 3.05) is 25.3 Å². The molecule has 3 aromatic rings. The summed E-state index contributed by atoms with van der Waals surface area (Å²) in [4.78, 5) is 42.1. The summed E-state index contributed by atoms with van der Waals surface area (Å²) in [5, 5.41) is 13.4. The lowest BCUT2D eigenvalue weighted by atomic mass is 10.3. The van der Waals surface area contributed by atoms with Crippen molar-refractivity contribution in [1.29, 1.82) is 0 Å². The fourth-order valence-corrected chi connectivity index (χ4v) is 3.82. The van der Waals surface area contributed by atoms with Gasteiger partial charge in [-0.25, -0.2) is 9.79 Å². The smallest absolute Gasteiger partial charge is 0.333 e. The van der Waals surface area contributed by atoms with Crippen molar-refractivity contribution in [2.24, 2.45) is 19.1 Å². The van der Waals surface area contributed by atoms with E-state index < -0.39 is 17.1 Å². The largest absolute Gasteiger partial charge is 0.497 e. The number of ether oxygens (including phenoxy) is 2. The Morgan fingerprint density at radius 3 is 2.35 bits per heavy atom. The van der Waals surface area contributed by atoms with E-state index >= 15 is 0 Å². The van der Waals surface area contributed by atoms with Crippen LogP contribution in [-0.4, -0.2) is 45.2 Å². The van der Waals surface area contributed by atoms with Crippen LogP contribution in [0.2, 0.25) is 0 Å². The van der Waals surface area contributed by atoms with Gasteiger partial charge in [-0.2, -0.15) is 0 Å². The van der Waals surface area contributed by atoms with Crippen molar-refractivity contribution in [3.63, 3.8) is 0 Å². The van der Waals surface area contributed by atoms with Gasteiger partial charge < -0.3 is 19.9 Å². The van der Waals surface area contributed by atoms with Crippen LogP contribution in [0.5, 0.6) is 17.4 Å². The summed E-state index contributed by atoms with van der Waals surface area (Å²) in [5.74, 6) is 0.192. The van der Waals surface area contributed by atoms with E-state index in [9.17, 15) is 19.5 Å². The number of nitrogens with zero attached hydrogens (tertiary/aromatic N) is 3. The SMILES string of the molecule is COc1ccc(N=C(SCC(=O)Nc2cccc(OC)c2)c2c(O)n(C)c(=O)n(C)c2=O)cc1. The maximum Gasteiger partial charge on any atom is 0.333 e. The Hall–Kier alpha value is -3.99. The molecule has 2 aromatic carbocycles. The molecular weight excluding hydrogens is 460 g/mol. The van der Waals surface area contributed by atoms with Crippen molar-refractivity contribution in [3.8, 4) is 17.4 Å². The molecule has 0 fully saturated rings.